The van der Waals surface area contributed by atoms with Gasteiger partial charge in [-0.3, -0.25) is 0 Å². The van der Waals surface area contributed by atoms with E-state index in [-0.39, 0.29) is 5.92 Å². The van der Waals surface area contributed by atoms with Crippen LogP contribution in [0.4, 0.5) is 0 Å². The summed E-state index contributed by atoms with van der Waals surface area (Å²) in [6, 6.07) is 79.2. The van der Waals surface area contributed by atoms with E-state index in [1.807, 2.05) is 6.07 Å². The van der Waals surface area contributed by atoms with Crippen molar-refractivity contribution in [1.82, 2.24) is 15.0 Å². The van der Waals surface area contributed by atoms with E-state index in [9.17, 15) is 0 Å². The Morgan fingerprint density at radius 3 is 1.58 bits per heavy atom. The van der Waals surface area contributed by atoms with E-state index >= 15 is 0 Å². The van der Waals surface area contributed by atoms with Gasteiger partial charge in [-0.1, -0.05) is 229 Å². The molecule has 12 aromatic rings. The molecule has 0 amide bonds. The highest BCUT2D eigenvalue weighted by molar-refractivity contribution is 6.73. The van der Waals surface area contributed by atoms with E-state index in [1.54, 1.807) is 0 Å². The lowest BCUT2D eigenvalue weighted by atomic mass is 9.68. The maximum absolute atomic E-state index is 5.32. The molecule has 2 aliphatic rings. The van der Waals surface area contributed by atoms with E-state index in [4.69, 9.17) is 15.0 Å². The molecule has 2 heterocycles. The molecule has 1 aromatic heterocycles. The highest BCUT2D eigenvalue weighted by atomic mass is 15.0. The number of aromatic nitrogens is 3. The summed E-state index contributed by atoms with van der Waals surface area (Å²) in [5.74, 6) is 1.94. The molecule has 0 spiro atoms. The van der Waals surface area contributed by atoms with Crippen molar-refractivity contribution in [2.75, 3.05) is 0 Å². The lowest BCUT2D eigenvalue weighted by Gasteiger charge is -2.20. The van der Waals surface area contributed by atoms with Crippen molar-refractivity contribution in [2.24, 2.45) is 0 Å². The average molecular weight is 835 g/mol. The largest absolute Gasteiger partial charge is 0.208 e. The second kappa shape index (κ2) is 14.5. The van der Waals surface area contributed by atoms with Crippen LogP contribution in [0.15, 0.2) is 218 Å². The minimum Gasteiger partial charge on any atom is -0.208 e. The van der Waals surface area contributed by atoms with E-state index in [0.717, 1.165) is 27.8 Å². The van der Waals surface area contributed by atoms with Gasteiger partial charge in [0.2, 0.25) is 0 Å². The number of hydrogen-bond donors (Lipinski definition) is 0. The van der Waals surface area contributed by atoms with Crippen molar-refractivity contribution in [3.05, 3.63) is 235 Å². The summed E-state index contributed by atoms with van der Waals surface area (Å²) in [6.07, 6.45) is 0. The van der Waals surface area contributed by atoms with Crippen LogP contribution in [-0.2, 0) is 0 Å². The van der Waals surface area contributed by atoms with E-state index in [2.05, 4.69) is 220 Å². The van der Waals surface area contributed by atoms with Crippen LogP contribution in [0.5, 0.6) is 0 Å². The third-order valence-electron chi connectivity index (χ3n) is 14.1. The molecular formula is C62H37BN3. The van der Waals surface area contributed by atoms with Crippen LogP contribution in [0.25, 0.3) is 111 Å². The molecule has 14 rings (SSSR count). The molecule has 0 bridgehead atoms. The van der Waals surface area contributed by atoms with Gasteiger partial charge < -0.3 is 0 Å². The standard InChI is InChI=1S/C62H37BN3/c1-2-13-37(14-3-1)38-25-29-41(30-26-38)60-64-61(66-62(65-60)52-22-12-24-54-56(52)51-21-10-11-23-53(51)63-54)42-31-27-40(28-32-42)55-57-43-16-5-4-15-39(43)33-34-49(57)50-36-35-48-46-19-7-6-17-44(46)45-18-8-9-20-47(45)58(48)59(50)55/h1-36,55H. The van der Waals surface area contributed by atoms with Gasteiger partial charge in [0.15, 0.2) is 24.8 Å². The van der Waals surface area contributed by atoms with Crippen molar-refractivity contribution in [2.45, 2.75) is 5.92 Å². The highest BCUT2D eigenvalue weighted by Gasteiger charge is 2.34. The molecule has 1 aliphatic heterocycles. The summed E-state index contributed by atoms with van der Waals surface area (Å²) in [5, 5.41) is 10.3. The number of benzene rings is 11. The van der Waals surface area contributed by atoms with E-state index < -0.39 is 0 Å². The van der Waals surface area contributed by atoms with Crippen molar-refractivity contribution in [1.29, 1.82) is 0 Å². The number of fused-ring (bicyclic) bond motifs is 15. The first-order valence-corrected chi connectivity index (χ1v) is 22.7. The Balaban J connectivity index is 0.960. The van der Waals surface area contributed by atoms with E-state index in [1.165, 1.54) is 93.0 Å². The van der Waals surface area contributed by atoms with Crippen molar-refractivity contribution in [3.8, 4) is 67.5 Å². The molecule has 1 unspecified atom stereocenters. The minimum atomic E-state index is -0.000692. The average Bonchev–Trinajstić information content (AvgIpc) is 3.95. The summed E-state index contributed by atoms with van der Waals surface area (Å²) in [6.45, 7) is 0. The molecule has 0 saturated heterocycles. The summed E-state index contributed by atoms with van der Waals surface area (Å²) >= 11 is 0. The Labute approximate surface area is 383 Å². The van der Waals surface area contributed by atoms with Gasteiger partial charge in [-0.05, 0) is 93.2 Å². The van der Waals surface area contributed by atoms with Gasteiger partial charge in [0, 0.05) is 22.6 Å². The normalized spacial score (nSPS) is 13.4. The van der Waals surface area contributed by atoms with Crippen LogP contribution in [0.2, 0.25) is 0 Å². The van der Waals surface area contributed by atoms with Crippen molar-refractivity contribution in [3.63, 3.8) is 0 Å². The zero-order valence-corrected chi connectivity index (χ0v) is 35.8. The number of nitrogens with zero attached hydrogens (tertiary/aromatic N) is 3. The van der Waals surface area contributed by atoms with Crippen LogP contribution in [0, 0.1) is 0 Å². The number of rotatable bonds is 5. The molecule has 4 heteroatoms. The van der Waals surface area contributed by atoms with Gasteiger partial charge in [-0.15, -0.1) is 0 Å². The van der Waals surface area contributed by atoms with Gasteiger partial charge in [-0.25, -0.2) is 15.0 Å². The minimum absolute atomic E-state index is 0.000692. The lowest BCUT2D eigenvalue weighted by Crippen LogP contribution is -2.20. The monoisotopic (exact) mass is 834 g/mol. The van der Waals surface area contributed by atoms with Gasteiger partial charge >= 0.3 is 0 Å². The Hall–Kier alpha value is -8.47. The first-order valence-electron chi connectivity index (χ1n) is 22.7. The Kier molecular flexibility index (Phi) is 8.14. The molecule has 0 saturated carbocycles. The molecule has 0 N–H and O–H groups in total. The smallest absolute Gasteiger partial charge is 0.193 e. The molecule has 1 aliphatic carbocycles. The summed E-state index contributed by atoms with van der Waals surface area (Å²) in [4.78, 5) is 15.8. The molecule has 303 valence electrons. The Morgan fingerprint density at radius 1 is 0.303 bits per heavy atom. The predicted molar refractivity (Wildman–Crippen MR) is 275 cm³/mol. The van der Waals surface area contributed by atoms with Gasteiger partial charge in [0.25, 0.3) is 0 Å². The molecule has 0 fully saturated rings. The number of hydrogen-bond acceptors (Lipinski definition) is 3. The fraction of sp³-hybridized carbons (Fsp3) is 0.0161. The zero-order chi connectivity index (χ0) is 43.3. The van der Waals surface area contributed by atoms with Gasteiger partial charge in [-0.2, -0.15) is 0 Å². The molecular weight excluding hydrogens is 798 g/mol. The van der Waals surface area contributed by atoms with Crippen LogP contribution >= 0.6 is 0 Å². The summed E-state index contributed by atoms with van der Waals surface area (Å²) < 4.78 is 0. The van der Waals surface area contributed by atoms with Crippen LogP contribution in [0.3, 0.4) is 0 Å². The van der Waals surface area contributed by atoms with Crippen molar-refractivity contribution < 1.29 is 0 Å². The second-order valence-electron chi connectivity index (χ2n) is 17.6. The summed E-state index contributed by atoms with van der Waals surface area (Å²) in [7, 11) is 2.26. The molecule has 3 nitrogen and oxygen atoms in total. The van der Waals surface area contributed by atoms with Crippen LogP contribution in [0.1, 0.15) is 22.6 Å². The highest BCUT2D eigenvalue weighted by Crippen LogP contribution is 2.55. The Morgan fingerprint density at radius 2 is 0.818 bits per heavy atom. The van der Waals surface area contributed by atoms with Gasteiger partial charge in [0.1, 0.15) is 0 Å². The third kappa shape index (κ3) is 5.61. The quantitative estimate of drug-likeness (QED) is 0.128. The zero-order valence-electron chi connectivity index (χ0n) is 35.8. The maximum Gasteiger partial charge on any atom is 0.193 e. The van der Waals surface area contributed by atoms with Crippen molar-refractivity contribution >= 4 is 61.3 Å². The molecule has 66 heavy (non-hydrogen) atoms. The maximum atomic E-state index is 5.32. The SMILES string of the molecule is [B]1c2ccccc2-c2c1cccc2-c1nc(-c2ccc(-c3ccccc3)cc2)nc(-c2ccc(C3c4c(ccc5ccccc45)-c4ccc5c6ccccc6c6ccccc6c5c43)cc2)n1. The molecule has 1 radical (unpaired) electrons. The fourth-order valence-corrected chi connectivity index (χ4v) is 11.1. The first-order chi connectivity index (χ1) is 32.7. The van der Waals surface area contributed by atoms with Gasteiger partial charge in [0.05, 0.1) is 0 Å². The predicted octanol–water partition coefficient (Wildman–Crippen LogP) is 13.9. The van der Waals surface area contributed by atoms with Crippen LogP contribution < -0.4 is 10.9 Å². The van der Waals surface area contributed by atoms with E-state index in [0.29, 0.717) is 17.5 Å². The Bertz CT molecular complexity index is 3920. The fourth-order valence-electron chi connectivity index (χ4n) is 11.1. The van der Waals surface area contributed by atoms with Crippen LogP contribution in [-0.4, -0.2) is 22.2 Å². The molecule has 1 atom stereocenters. The summed E-state index contributed by atoms with van der Waals surface area (Å²) in [5.41, 5.74) is 16.5. The second-order valence-corrected chi connectivity index (χ2v) is 17.6. The third-order valence-corrected chi connectivity index (χ3v) is 14.1. The topological polar surface area (TPSA) is 38.7 Å². The molecule has 11 aromatic carbocycles. The lowest BCUT2D eigenvalue weighted by molar-refractivity contribution is 1.04. The first kappa shape index (κ1) is 37.0.